The fourth-order valence-corrected chi connectivity index (χ4v) is 3.31. The summed E-state index contributed by atoms with van der Waals surface area (Å²) in [7, 11) is 0. The largest absolute Gasteiger partial charge is 0.463 e. The highest BCUT2D eigenvalue weighted by atomic mass is 32.1. The van der Waals surface area contributed by atoms with E-state index in [2.05, 4.69) is 41.9 Å². The van der Waals surface area contributed by atoms with Crippen molar-refractivity contribution in [3.63, 3.8) is 0 Å². The minimum absolute atomic E-state index is 0.995. The smallest absolute Gasteiger partial charge is 0.152 e. The minimum atomic E-state index is 0.995. The van der Waals surface area contributed by atoms with Crippen molar-refractivity contribution >= 4 is 22.7 Å². The average molecular weight is 246 g/mol. The summed E-state index contributed by atoms with van der Waals surface area (Å²) in [6, 6.07) is 8.36. The Morgan fingerprint density at radius 1 is 1.00 bits per heavy atom. The van der Waals surface area contributed by atoms with Crippen molar-refractivity contribution < 1.29 is 4.42 Å². The first kappa shape index (κ1) is 9.87. The Morgan fingerprint density at radius 2 is 1.69 bits per heavy atom. The first-order valence-corrected chi connectivity index (χ1v) is 6.78. The molecular weight excluding hydrogens is 236 g/mol. The maximum atomic E-state index is 5.68. The lowest BCUT2D eigenvalue weighted by Gasteiger charge is -1.98. The third-order valence-corrected chi connectivity index (χ3v) is 4.24. The second kappa shape index (κ2) is 3.92. The molecule has 0 amide bonds. The number of aryl methyl sites for hydroxylation is 1. The molecule has 0 aliphatic carbocycles. The molecule has 0 saturated heterocycles. The lowest BCUT2D eigenvalue weighted by atomic mass is 10.1. The molecule has 1 nitrogen and oxygen atoms in total. The SMILES string of the molecule is Cc1coc(-c2cccs2)c1-c1cccs1. The van der Waals surface area contributed by atoms with Crippen molar-refractivity contribution in [1.29, 1.82) is 0 Å². The molecule has 0 bridgehead atoms. The van der Waals surface area contributed by atoms with E-state index >= 15 is 0 Å². The van der Waals surface area contributed by atoms with Crippen LogP contribution in [0.1, 0.15) is 5.56 Å². The highest BCUT2D eigenvalue weighted by molar-refractivity contribution is 7.14. The molecule has 80 valence electrons. The number of rotatable bonds is 2. The van der Waals surface area contributed by atoms with Crippen molar-refractivity contribution in [3.8, 4) is 21.1 Å². The summed E-state index contributed by atoms with van der Waals surface area (Å²) in [6.07, 6.45) is 1.84. The van der Waals surface area contributed by atoms with Gasteiger partial charge in [-0.05, 0) is 35.4 Å². The monoisotopic (exact) mass is 246 g/mol. The van der Waals surface area contributed by atoms with Crippen molar-refractivity contribution in [3.05, 3.63) is 46.9 Å². The van der Waals surface area contributed by atoms with Gasteiger partial charge in [-0.1, -0.05) is 12.1 Å². The van der Waals surface area contributed by atoms with Crippen molar-refractivity contribution in [2.45, 2.75) is 6.92 Å². The Hall–Kier alpha value is -1.32. The zero-order valence-corrected chi connectivity index (χ0v) is 10.4. The lowest BCUT2D eigenvalue weighted by molar-refractivity contribution is 0.582. The Morgan fingerprint density at radius 3 is 2.31 bits per heavy atom. The lowest BCUT2D eigenvalue weighted by Crippen LogP contribution is -1.75. The quantitative estimate of drug-likeness (QED) is 0.617. The molecule has 0 unspecified atom stereocenters. The summed E-state index contributed by atoms with van der Waals surface area (Å²) in [5.41, 5.74) is 2.43. The Balaban J connectivity index is 2.21. The fourth-order valence-electron chi connectivity index (χ4n) is 1.76. The van der Waals surface area contributed by atoms with Crippen LogP contribution in [0, 0.1) is 6.92 Å². The van der Waals surface area contributed by atoms with Gasteiger partial charge in [0.25, 0.3) is 0 Å². The highest BCUT2D eigenvalue weighted by Gasteiger charge is 2.15. The van der Waals surface area contributed by atoms with E-state index in [-0.39, 0.29) is 0 Å². The molecule has 0 atom stereocenters. The first-order valence-electron chi connectivity index (χ1n) is 5.02. The van der Waals surface area contributed by atoms with Crippen LogP contribution in [0.4, 0.5) is 0 Å². The van der Waals surface area contributed by atoms with E-state index in [1.165, 1.54) is 20.9 Å². The molecule has 0 spiro atoms. The summed E-state index contributed by atoms with van der Waals surface area (Å²) in [5.74, 6) is 0.995. The van der Waals surface area contributed by atoms with E-state index in [1.807, 2.05) is 6.26 Å². The van der Waals surface area contributed by atoms with E-state index in [4.69, 9.17) is 4.42 Å². The predicted molar refractivity (Wildman–Crippen MR) is 70.1 cm³/mol. The third-order valence-electron chi connectivity index (χ3n) is 2.49. The molecule has 0 fully saturated rings. The number of furan rings is 1. The normalized spacial score (nSPS) is 10.8. The molecule has 3 aromatic rings. The minimum Gasteiger partial charge on any atom is -0.463 e. The molecule has 3 rings (SSSR count). The van der Waals surface area contributed by atoms with Crippen LogP contribution in [0.3, 0.4) is 0 Å². The van der Waals surface area contributed by atoms with Crippen LogP contribution in [-0.2, 0) is 0 Å². The number of thiophene rings is 2. The van der Waals surface area contributed by atoms with Gasteiger partial charge >= 0.3 is 0 Å². The summed E-state index contributed by atoms with van der Waals surface area (Å²) < 4.78 is 5.68. The first-order chi connectivity index (χ1) is 7.86. The Labute approximate surface area is 102 Å². The summed E-state index contributed by atoms with van der Waals surface area (Å²) >= 11 is 3.46. The van der Waals surface area contributed by atoms with Crippen molar-refractivity contribution in [2.24, 2.45) is 0 Å². The molecule has 0 aromatic carbocycles. The van der Waals surface area contributed by atoms with Gasteiger partial charge in [0, 0.05) is 10.4 Å². The zero-order valence-electron chi connectivity index (χ0n) is 8.77. The third kappa shape index (κ3) is 1.52. The maximum Gasteiger partial charge on any atom is 0.152 e. The molecule has 0 aliphatic rings. The van der Waals surface area contributed by atoms with E-state index in [1.54, 1.807) is 22.7 Å². The molecule has 0 aliphatic heterocycles. The molecule has 0 radical (unpaired) electrons. The van der Waals surface area contributed by atoms with Gasteiger partial charge in [-0.2, -0.15) is 0 Å². The van der Waals surface area contributed by atoms with Crippen LogP contribution in [0.2, 0.25) is 0 Å². The van der Waals surface area contributed by atoms with Crippen LogP contribution in [0.5, 0.6) is 0 Å². The van der Waals surface area contributed by atoms with Gasteiger partial charge in [0.05, 0.1) is 11.1 Å². The standard InChI is InChI=1S/C13H10OS2/c1-9-8-14-13(11-5-3-7-16-11)12(9)10-4-2-6-15-10/h2-8H,1H3. The van der Waals surface area contributed by atoms with Crippen LogP contribution in [-0.4, -0.2) is 0 Å². The van der Waals surface area contributed by atoms with Gasteiger partial charge in [0.2, 0.25) is 0 Å². The Bertz CT molecular complexity index is 574. The van der Waals surface area contributed by atoms with Gasteiger partial charge in [-0.15, -0.1) is 22.7 Å². The Kier molecular flexibility index (Phi) is 2.42. The molecule has 3 heteroatoms. The molecule has 0 N–H and O–H groups in total. The van der Waals surface area contributed by atoms with Crippen LogP contribution >= 0.6 is 22.7 Å². The van der Waals surface area contributed by atoms with Crippen LogP contribution < -0.4 is 0 Å². The van der Waals surface area contributed by atoms with Gasteiger partial charge < -0.3 is 4.42 Å². The topological polar surface area (TPSA) is 13.1 Å². The summed E-state index contributed by atoms with van der Waals surface area (Å²) in [5, 5.41) is 4.17. The van der Waals surface area contributed by atoms with E-state index in [9.17, 15) is 0 Å². The second-order valence-electron chi connectivity index (χ2n) is 3.58. The van der Waals surface area contributed by atoms with Gasteiger partial charge in [-0.25, -0.2) is 0 Å². The van der Waals surface area contributed by atoms with Crippen molar-refractivity contribution in [2.75, 3.05) is 0 Å². The molecule has 16 heavy (non-hydrogen) atoms. The fraction of sp³-hybridized carbons (Fsp3) is 0.0769. The van der Waals surface area contributed by atoms with Crippen LogP contribution in [0.25, 0.3) is 21.1 Å². The van der Waals surface area contributed by atoms with Gasteiger partial charge in [0.15, 0.2) is 5.76 Å². The van der Waals surface area contributed by atoms with Crippen molar-refractivity contribution in [1.82, 2.24) is 0 Å². The molecular formula is C13H10OS2. The molecule has 0 saturated carbocycles. The predicted octanol–water partition coefficient (Wildman–Crippen LogP) is 5.05. The summed E-state index contributed by atoms with van der Waals surface area (Å²) in [6.45, 7) is 2.09. The van der Waals surface area contributed by atoms with E-state index in [0.717, 1.165) is 5.76 Å². The maximum absolute atomic E-state index is 5.68. The van der Waals surface area contributed by atoms with Gasteiger partial charge in [-0.3, -0.25) is 0 Å². The van der Waals surface area contributed by atoms with Crippen LogP contribution in [0.15, 0.2) is 45.7 Å². The van der Waals surface area contributed by atoms with E-state index in [0.29, 0.717) is 0 Å². The number of hydrogen-bond acceptors (Lipinski definition) is 3. The zero-order chi connectivity index (χ0) is 11.0. The molecule has 3 aromatic heterocycles. The summed E-state index contributed by atoms with van der Waals surface area (Å²) in [4.78, 5) is 2.46. The number of hydrogen-bond donors (Lipinski definition) is 0. The molecule has 3 heterocycles. The van der Waals surface area contributed by atoms with Gasteiger partial charge in [0.1, 0.15) is 0 Å². The highest BCUT2D eigenvalue weighted by Crippen LogP contribution is 2.39. The van der Waals surface area contributed by atoms with E-state index < -0.39 is 0 Å². The average Bonchev–Trinajstić information content (AvgIpc) is 2.96. The second-order valence-corrected chi connectivity index (χ2v) is 5.47.